The molecule has 4 heteroatoms. The third kappa shape index (κ3) is 4.39. The summed E-state index contributed by atoms with van der Waals surface area (Å²) in [7, 11) is 1.26. The second-order valence-electron chi connectivity index (χ2n) is 3.33. The summed E-state index contributed by atoms with van der Waals surface area (Å²) in [5.41, 5.74) is 0.744. The molecule has 1 atom stereocenters. The van der Waals surface area contributed by atoms with Crippen molar-refractivity contribution in [2.24, 2.45) is 0 Å². The molecule has 1 unspecified atom stereocenters. The van der Waals surface area contributed by atoms with Crippen LogP contribution in [0.1, 0.15) is 12.5 Å². The fourth-order valence-electron chi connectivity index (χ4n) is 1.12. The smallest absolute Gasteiger partial charge is 0.328 e. The summed E-state index contributed by atoms with van der Waals surface area (Å²) in [6, 6.07) is 8.42. The van der Waals surface area contributed by atoms with Crippen LogP contribution in [0.5, 0.6) is 0 Å². The fourth-order valence-corrected chi connectivity index (χ4v) is 1.12. The monoisotopic (exact) mass is 231 g/mol. The molecule has 0 aliphatic rings. The van der Waals surface area contributed by atoms with Gasteiger partial charge in [0.25, 0.3) is 5.91 Å². The van der Waals surface area contributed by atoms with E-state index in [0.29, 0.717) is 0 Å². The number of rotatable bonds is 2. The molecular weight excluding hydrogens is 218 g/mol. The zero-order valence-electron chi connectivity index (χ0n) is 9.69. The number of hydrogen-bond acceptors (Lipinski definition) is 3. The number of methoxy groups -OCH3 is 1. The summed E-state index contributed by atoms with van der Waals surface area (Å²) >= 11 is 0. The van der Waals surface area contributed by atoms with E-state index in [1.54, 1.807) is 12.1 Å². The lowest BCUT2D eigenvalue weighted by molar-refractivity contribution is -0.143. The molecule has 0 radical (unpaired) electrons. The molecule has 88 valence electrons. The first-order valence-electron chi connectivity index (χ1n) is 5.09. The maximum Gasteiger partial charge on any atom is 0.328 e. The first kappa shape index (κ1) is 12.8. The SMILES string of the molecule is COC(=O)C(C)NC(=O)C#Cc1ccccc1. The largest absolute Gasteiger partial charge is 0.467 e. The zero-order chi connectivity index (χ0) is 12.7. The lowest BCUT2D eigenvalue weighted by Gasteiger charge is -2.07. The van der Waals surface area contributed by atoms with Gasteiger partial charge in [0.15, 0.2) is 0 Å². The van der Waals surface area contributed by atoms with Crippen LogP contribution in [-0.4, -0.2) is 25.0 Å². The molecule has 1 aromatic carbocycles. The van der Waals surface area contributed by atoms with Crippen LogP contribution in [0.25, 0.3) is 0 Å². The molecule has 4 nitrogen and oxygen atoms in total. The Bertz CT molecular complexity index is 457. The van der Waals surface area contributed by atoms with Gasteiger partial charge in [-0.05, 0) is 19.1 Å². The molecule has 1 aromatic rings. The highest BCUT2D eigenvalue weighted by Gasteiger charge is 2.13. The van der Waals surface area contributed by atoms with Gasteiger partial charge in [0, 0.05) is 11.5 Å². The fraction of sp³-hybridized carbons (Fsp3) is 0.231. The number of carbonyl (C=O) groups excluding carboxylic acids is 2. The van der Waals surface area contributed by atoms with Crippen molar-refractivity contribution in [3.05, 3.63) is 35.9 Å². The van der Waals surface area contributed by atoms with Crippen LogP contribution in [-0.2, 0) is 14.3 Å². The second-order valence-corrected chi connectivity index (χ2v) is 3.33. The van der Waals surface area contributed by atoms with Crippen molar-refractivity contribution in [1.29, 1.82) is 0 Å². The van der Waals surface area contributed by atoms with Gasteiger partial charge in [-0.1, -0.05) is 24.1 Å². The lowest BCUT2D eigenvalue weighted by atomic mass is 10.2. The van der Waals surface area contributed by atoms with Crippen molar-refractivity contribution in [3.8, 4) is 11.8 Å². The Morgan fingerprint density at radius 2 is 1.94 bits per heavy atom. The minimum absolute atomic E-state index is 0.500. The van der Waals surface area contributed by atoms with Crippen molar-refractivity contribution in [1.82, 2.24) is 5.32 Å². The Morgan fingerprint density at radius 1 is 1.29 bits per heavy atom. The molecule has 0 bridgehead atoms. The first-order chi connectivity index (χ1) is 8.13. The maximum absolute atomic E-state index is 11.4. The number of ether oxygens (including phenoxy) is 1. The molecule has 0 fully saturated rings. The number of carbonyl (C=O) groups is 2. The van der Waals surface area contributed by atoms with Gasteiger partial charge in [-0.25, -0.2) is 4.79 Å². The van der Waals surface area contributed by atoms with Gasteiger partial charge in [0.2, 0.25) is 0 Å². The second kappa shape index (κ2) is 6.33. The molecule has 0 aromatic heterocycles. The van der Waals surface area contributed by atoms with E-state index < -0.39 is 17.9 Å². The summed E-state index contributed by atoms with van der Waals surface area (Å²) in [6.45, 7) is 1.54. The zero-order valence-corrected chi connectivity index (χ0v) is 9.69. The van der Waals surface area contributed by atoms with Crippen LogP contribution in [0.3, 0.4) is 0 Å². The lowest BCUT2D eigenvalue weighted by Crippen LogP contribution is -2.38. The van der Waals surface area contributed by atoms with Gasteiger partial charge in [-0.15, -0.1) is 0 Å². The number of benzene rings is 1. The predicted molar refractivity (Wildman–Crippen MR) is 62.9 cm³/mol. The summed E-state index contributed by atoms with van der Waals surface area (Å²) in [5, 5.41) is 2.41. The van der Waals surface area contributed by atoms with Crippen molar-refractivity contribution in [2.45, 2.75) is 13.0 Å². The van der Waals surface area contributed by atoms with E-state index in [0.717, 1.165) is 5.56 Å². The molecule has 0 spiro atoms. The van der Waals surface area contributed by atoms with Gasteiger partial charge in [-0.2, -0.15) is 0 Å². The van der Waals surface area contributed by atoms with Crippen molar-refractivity contribution in [2.75, 3.05) is 7.11 Å². The number of nitrogens with one attached hydrogen (secondary N) is 1. The standard InChI is InChI=1S/C13H13NO3/c1-10(13(16)17-2)14-12(15)9-8-11-6-4-3-5-7-11/h3-7,10H,1-2H3,(H,14,15). The molecule has 0 saturated carbocycles. The Labute approximate surface area is 100.0 Å². The summed E-state index contributed by atoms with van der Waals surface area (Å²) in [5.74, 6) is 4.09. The van der Waals surface area contributed by atoms with Gasteiger partial charge in [0.1, 0.15) is 6.04 Å². The molecule has 0 saturated heterocycles. The minimum atomic E-state index is -0.697. The highest BCUT2D eigenvalue weighted by molar-refractivity contribution is 5.96. The van der Waals surface area contributed by atoms with Crippen molar-refractivity contribution >= 4 is 11.9 Å². The quantitative estimate of drug-likeness (QED) is 0.602. The molecule has 1 rings (SSSR count). The Balaban J connectivity index is 2.56. The number of hydrogen-bond donors (Lipinski definition) is 1. The maximum atomic E-state index is 11.4. The van der Waals surface area contributed by atoms with Gasteiger partial charge < -0.3 is 10.1 Å². The van der Waals surface area contributed by atoms with Crippen LogP contribution in [0, 0.1) is 11.8 Å². The van der Waals surface area contributed by atoms with Gasteiger partial charge >= 0.3 is 5.97 Å². The van der Waals surface area contributed by atoms with Crippen LogP contribution >= 0.6 is 0 Å². The third-order valence-electron chi connectivity index (χ3n) is 2.00. The minimum Gasteiger partial charge on any atom is -0.467 e. The molecule has 0 heterocycles. The van der Waals surface area contributed by atoms with E-state index in [1.807, 2.05) is 18.2 Å². The molecule has 0 aliphatic heterocycles. The van der Waals surface area contributed by atoms with Crippen LogP contribution in [0.2, 0.25) is 0 Å². The van der Waals surface area contributed by atoms with Crippen LogP contribution in [0.15, 0.2) is 30.3 Å². The predicted octanol–water partition coefficient (Wildman–Crippen LogP) is 0.716. The highest BCUT2D eigenvalue weighted by Crippen LogP contribution is 1.94. The summed E-state index contributed by atoms with van der Waals surface area (Å²) < 4.78 is 4.47. The van der Waals surface area contributed by atoms with Gasteiger partial charge in [-0.3, -0.25) is 4.79 Å². The van der Waals surface area contributed by atoms with Crippen molar-refractivity contribution < 1.29 is 14.3 Å². The van der Waals surface area contributed by atoms with Gasteiger partial charge in [0.05, 0.1) is 7.11 Å². The van der Waals surface area contributed by atoms with E-state index in [1.165, 1.54) is 14.0 Å². The average molecular weight is 231 g/mol. The summed E-state index contributed by atoms with van der Waals surface area (Å²) in [4.78, 5) is 22.4. The first-order valence-corrected chi connectivity index (χ1v) is 5.09. The summed E-state index contributed by atoms with van der Waals surface area (Å²) in [6.07, 6.45) is 0. The van der Waals surface area contributed by atoms with E-state index in [9.17, 15) is 9.59 Å². The van der Waals surface area contributed by atoms with E-state index in [4.69, 9.17) is 0 Å². The molecular formula is C13H13NO3. The normalized spacial score (nSPS) is 10.7. The molecule has 1 amide bonds. The number of amides is 1. The Hall–Kier alpha value is -2.28. The van der Waals surface area contributed by atoms with E-state index in [-0.39, 0.29) is 0 Å². The number of esters is 1. The van der Waals surface area contributed by atoms with E-state index >= 15 is 0 Å². The Kier molecular flexibility index (Phi) is 4.77. The third-order valence-corrected chi connectivity index (χ3v) is 2.00. The molecule has 1 N–H and O–H groups in total. The highest BCUT2D eigenvalue weighted by atomic mass is 16.5. The van der Waals surface area contributed by atoms with Crippen LogP contribution < -0.4 is 5.32 Å². The van der Waals surface area contributed by atoms with Crippen LogP contribution in [0.4, 0.5) is 0 Å². The Morgan fingerprint density at radius 3 is 2.53 bits per heavy atom. The molecule has 17 heavy (non-hydrogen) atoms. The average Bonchev–Trinajstić information content (AvgIpc) is 2.36. The van der Waals surface area contributed by atoms with Crippen molar-refractivity contribution in [3.63, 3.8) is 0 Å². The topological polar surface area (TPSA) is 55.4 Å². The van der Waals surface area contributed by atoms with E-state index in [2.05, 4.69) is 21.9 Å². The molecule has 0 aliphatic carbocycles.